The maximum atomic E-state index is 14.5. The number of rotatable bonds is 3. The molecule has 0 heterocycles. The molecule has 0 bridgehead atoms. The molecule has 1 aliphatic rings. The molecule has 1 fully saturated rings. The average Bonchev–Trinajstić information content (AvgIpc) is 2.55. The second-order valence-corrected chi connectivity index (χ2v) is 6.88. The van der Waals surface area contributed by atoms with Gasteiger partial charge in [0.25, 0.3) is 0 Å². The lowest BCUT2D eigenvalue weighted by Gasteiger charge is -2.25. The fraction of sp³-hybridized carbons (Fsp3) is 0.381. The van der Waals surface area contributed by atoms with Crippen LogP contribution in [0.2, 0.25) is 0 Å². The first-order valence-electron chi connectivity index (χ1n) is 8.45. The number of hydrogen-bond donors (Lipinski definition) is 0. The summed E-state index contributed by atoms with van der Waals surface area (Å²) >= 11 is 0. The van der Waals surface area contributed by atoms with Gasteiger partial charge in [0, 0.05) is 5.92 Å². The van der Waals surface area contributed by atoms with Crippen LogP contribution in [0.15, 0.2) is 42.5 Å². The summed E-state index contributed by atoms with van der Waals surface area (Å²) in [7, 11) is 0. The quantitative estimate of drug-likeness (QED) is 0.654. The van der Waals surface area contributed by atoms with Crippen LogP contribution in [0.1, 0.15) is 48.5 Å². The van der Waals surface area contributed by atoms with Crippen molar-refractivity contribution in [2.24, 2.45) is 11.8 Å². The third kappa shape index (κ3) is 3.52. The fourth-order valence-electron chi connectivity index (χ4n) is 3.38. The second kappa shape index (κ2) is 6.66. The van der Waals surface area contributed by atoms with Crippen molar-refractivity contribution in [1.29, 1.82) is 0 Å². The van der Waals surface area contributed by atoms with E-state index in [2.05, 4.69) is 6.92 Å². The zero-order valence-electron chi connectivity index (χ0n) is 13.8. The largest absolute Gasteiger partial charge is 0.294 e. The number of ketones is 1. The van der Waals surface area contributed by atoms with Gasteiger partial charge in [-0.3, -0.25) is 4.79 Å². The van der Waals surface area contributed by atoms with Crippen molar-refractivity contribution < 1.29 is 9.18 Å². The van der Waals surface area contributed by atoms with E-state index in [1.807, 2.05) is 37.3 Å². The van der Waals surface area contributed by atoms with Gasteiger partial charge in [-0.15, -0.1) is 0 Å². The number of benzene rings is 2. The van der Waals surface area contributed by atoms with Crippen LogP contribution >= 0.6 is 0 Å². The highest BCUT2D eigenvalue weighted by Crippen LogP contribution is 2.32. The highest BCUT2D eigenvalue weighted by Gasteiger charge is 2.26. The Morgan fingerprint density at radius 1 is 0.957 bits per heavy atom. The summed E-state index contributed by atoms with van der Waals surface area (Å²) in [5, 5.41) is 0. The molecule has 2 aromatic carbocycles. The Hall–Kier alpha value is -1.96. The Kier molecular flexibility index (Phi) is 4.61. The first kappa shape index (κ1) is 15.9. The summed E-state index contributed by atoms with van der Waals surface area (Å²) in [4.78, 5) is 12.6. The maximum Gasteiger partial charge on any atom is 0.168 e. The van der Waals surface area contributed by atoms with Crippen LogP contribution in [0.4, 0.5) is 4.39 Å². The molecule has 1 saturated carbocycles. The zero-order valence-corrected chi connectivity index (χ0v) is 13.8. The number of halogens is 1. The van der Waals surface area contributed by atoms with Crippen molar-refractivity contribution in [3.8, 4) is 11.1 Å². The molecule has 120 valence electrons. The van der Waals surface area contributed by atoms with E-state index < -0.39 is 5.82 Å². The molecule has 0 amide bonds. The first-order valence-corrected chi connectivity index (χ1v) is 8.45. The molecule has 1 nitrogen and oxygen atoms in total. The van der Waals surface area contributed by atoms with E-state index in [1.54, 1.807) is 6.07 Å². The number of carbonyl (C=O) groups excluding carboxylic acids is 1. The predicted molar refractivity (Wildman–Crippen MR) is 92.0 cm³/mol. The van der Waals surface area contributed by atoms with Crippen LogP contribution in [0, 0.1) is 24.6 Å². The van der Waals surface area contributed by atoms with Gasteiger partial charge in [-0.25, -0.2) is 4.39 Å². The molecule has 3 rings (SSSR count). The fourth-order valence-corrected chi connectivity index (χ4v) is 3.38. The molecule has 23 heavy (non-hydrogen) atoms. The molecule has 1 aliphatic carbocycles. The minimum atomic E-state index is -0.397. The van der Waals surface area contributed by atoms with Gasteiger partial charge >= 0.3 is 0 Å². The van der Waals surface area contributed by atoms with Gasteiger partial charge in [-0.1, -0.05) is 55.7 Å². The summed E-state index contributed by atoms with van der Waals surface area (Å²) in [6.45, 7) is 4.24. The predicted octanol–water partition coefficient (Wildman–Crippen LogP) is 5.81. The van der Waals surface area contributed by atoms with E-state index in [-0.39, 0.29) is 17.3 Å². The van der Waals surface area contributed by atoms with Gasteiger partial charge in [0.15, 0.2) is 5.78 Å². The lowest BCUT2D eigenvalue weighted by Crippen LogP contribution is -2.21. The van der Waals surface area contributed by atoms with Crippen molar-refractivity contribution in [3.05, 3.63) is 59.4 Å². The Morgan fingerprint density at radius 3 is 2.17 bits per heavy atom. The van der Waals surface area contributed by atoms with Gasteiger partial charge < -0.3 is 0 Å². The van der Waals surface area contributed by atoms with E-state index in [9.17, 15) is 9.18 Å². The lowest BCUT2D eigenvalue weighted by molar-refractivity contribution is 0.0871. The highest BCUT2D eigenvalue weighted by atomic mass is 19.1. The van der Waals surface area contributed by atoms with Gasteiger partial charge in [0.05, 0.1) is 5.56 Å². The third-order valence-electron chi connectivity index (χ3n) is 5.01. The minimum absolute atomic E-state index is 0.00840. The van der Waals surface area contributed by atoms with Crippen molar-refractivity contribution in [1.82, 2.24) is 0 Å². The van der Waals surface area contributed by atoms with E-state index in [1.165, 1.54) is 11.6 Å². The average molecular weight is 310 g/mol. The lowest BCUT2D eigenvalue weighted by atomic mass is 9.79. The smallest absolute Gasteiger partial charge is 0.168 e. The molecular formula is C21H23FO. The van der Waals surface area contributed by atoms with Crippen molar-refractivity contribution in [3.63, 3.8) is 0 Å². The number of carbonyl (C=O) groups is 1. The number of aryl methyl sites for hydroxylation is 1. The molecule has 0 aliphatic heterocycles. The summed E-state index contributed by atoms with van der Waals surface area (Å²) < 4.78 is 14.5. The second-order valence-electron chi connectivity index (χ2n) is 6.88. The summed E-state index contributed by atoms with van der Waals surface area (Å²) in [6, 6.07) is 13.0. The SMILES string of the molecule is Cc1ccc(-c2ccc(C(=O)C3CCC(C)CC3)c(F)c2)cc1. The number of hydrogen-bond acceptors (Lipinski definition) is 1. The van der Waals surface area contributed by atoms with Crippen LogP contribution in [0.5, 0.6) is 0 Å². The van der Waals surface area contributed by atoms with Crippen LogP contribution < -0.4 is 0 Å². The number of Topliss-reactive ketones (excluding diaryl/α,β-unsaturated/α-hetero) is 1. The Labute approximate surface area is 137 Å². The van der Waals surface area contributed by atoms with Crippen molar-refractivity contribution >= 4 is 5.78 Å². The molecule has 0 radical (unpaired) electrons. The van der Waals surface area contributed by atoms with Gasteiger partial charge in [0.2, 0.25) is 0 Å². The summed E-state index contributed by atoms with van der Waals surface area (Å²) in [6.07, 6.45) is 3.91. The molecule has 0 saturated heterocycles. The van der Waals surface area contributed by atoms with Gasteiger partial charge in [-0.05, 0) is 48.9 Å². The molecule has 2 aromatic rings. The van der Waals surface area contributed by atoms with Crippen LogP contribution in [0.25, 0.3) is 11.1 Å². The van der Waals surface area contributed by atoms with Crippen LogP contribution in [-0.4, -0.2) is 5.78 Å². The van der Waals surface area contributed by atoms with E-state index in [4.69, 9.17) is 0 Å². The van der Waals surface area contributed by atoms with Gasteiger partial charge in [-0.2, -0.15) is 0 Å². The van der Waals surface area contributed by atoms with Crippen molar-refractivity contribution in [2.45, 2.75) is 39.5 Å². The maximum absolute atomic E-state index is 14.5. The first-order chi connectivity index (χ1) is 11.0. The normalized spacial score (nSPS) is 21.2. The highest BCUT2D eigenvalue weighted by molar-refractivity contribution is 5.98. The Balaban J connectivity index is 1.81. The molecule has 0 N–H and O–H groups in total. The van der Waals surface area contributed by atoms with E-state index >= 15 is 0 Å². The molecule has 0 unspecified atom stereocenters. The van der Waals surface area contributed by atoms with Crippen molar-refractivity contribution in [2.75, 3.05) is 0 Å². The summed E-state index contributed by atoms with van der Waals surface area (Å²) in [5.74, 6) is 0.260. The van der Waals surface area contributed by atoms with Gasteiger partial charge in [0.1, 0.15) is 5.82 Å². The monoisotopic (exact) mass is 310 g/mol. The molecule has 2 heteroatoms. The topological polar surface area (TPSA) is 17.1 Å². The molecule has 0 aromatic heterocycles. The summed E-state index contributed by atoms with van der Waals surface area (Å²) in [5.41, 5.74) is 3.21. The molecule has 0 spiro atoms. The third-order valence-corrected chi connectivity index (χ3v) is 5.01. The Bertz CT molecular complexity index is 694. The van der Waals surface area contributed by atoms with E-state index in [0.717, 1.165) is 36.8 Å². The van der Waals surface area contributed by atoms with Crippen LogP contribution in [0.3, 0.4) is 0 Å². The molecule has 0 atom stereocenters. The van der Waals surface area contributed by atoms with E-state index in [0.29, 0.717) is 5.92 Å². The molecular weight excluding hydrogens is 287 g/mol. The minimum Gasteiger partial charge on any atom is -0.294 e. The zero-order chi connectivity index (χ0) is 16.4. The standard InChI is InChI=1S/C21H23FO/c1-14-3-7-16(8-4-14)18-11-12-19(20(22)13-18)21(23)17-9-5-15(2)6-10-17/h3-4,7-8,11-13,15,17H,5-6,9-10H2,1-2H3. The van der Waals surface area contributed by atoms with Crippen LogP contribution in [-0.2, 0) is 0 Å². The Morgan fingerprint density at radius 2 is 1.57 bits per heavy atom.